The summed E-state index contributed by atoms with van der Waals surface area (Å²) in [5, 5.41) is 7.29. The number of hydrogen-bond acceptors (Lipinski definition) is 5. The van der Waals surface area contributed by atoms with E-state index in [9.17, 15) is 9.59 Å². The minimum absolute atomic E-state index is 0.0118. The van der Waals surface area contributed by atoms with Gasteiger partial charge in [0, 0.05) is 17.5 Å². The minimum atomic E-state index is -0.350. The van der Waals surface area contributed by atoms with E-state index in [1.54, 1.807) is 6.92 Å². The monoisotopic (exact) mass is 428 g/mol. The molecule has 1 aliphatic heterocycles. The number of carbonyl (C=O) groups is 2. The fraction of sp³-hybridized carbons (Fsp3) is 0.259. The third-order valence-electron chi connectivity index (χ3n) is 5.71. The molecule has 164 valence electrons. The molecule has 0 saturated heterocycles. The van der Waals surface area contributed by atoms with E-state index in [1.807, 2.05) is 72.8 Å². The maximum atomic E-state index is 12.9. The summed E-state index contributed by atoms with van der Waals surface area (Å²) in [6.45, 7) is 4.32. The van der Waals surface area contributed by atoms with Crippen LogP contribution in [0.15, 0.2) is 72.8 Å². The molecule has 0 bridgehead atoms. The Labute approximate surface area is 188 Å². The van der Waals surface area contributed by atoms with E-state index in [2.05, 4.69) is 17.6 Å². The van der Waals surface area contributed by atoms with Gasteiger partial charge in [0.05, 0.1) is 23.5 Å². The number of ether oxygens (including phenoxy) is 1. The first-order chi connectivity index (χ1) is 15.5. The standard InChI is InChI=1S/C27H28N2O3/c1-3-16-27(18-19-10-12-21(13-11-19)26(31)32-4-2)28-23-15-14-22(17-24(23)29-27)25(30)20-8-6-5-7-9-20/h5-15,17,28-29H,3-4,16,18H2,1-2H3. The summed E-state index contributed by atoms with van der Waals surface area (Å²) in [5.41, 5.74) is 4.58. The van der Waals surface area contributed by atoms with Gasteiger partial charge in [-0.1, -0.05) is 55.8 Å². The number of fused-ring (bicyclic) bond motifs is 1. The van der Waals surface area contributed by atoms with Gasteiger partial charge in [0.2, 0.25) is 0 Å². The van der Waals surface area contributed by atoms with Crippen molar-refractivity contribution in [3.8, 4) is 0 Å². The lowest BCUT2D eigenvalue weighted by Gasteiger charge is -2.31. The fourth-order valence-electron chi connectivity index (χ4n) is 4.25. The first-order valence-electron chi connectivity index (χ1n) is 11.1. The number of ketones is 1. The maximum Gasteiger partial charge on any atom is 0.338 e. The lowest BCUT2D eigenvalue weighted by molar-refractivity contribution is 0.0526. The largest absolute Gasteiger partial charge is 0.462 e. The molecule has 0 radical (unpaired) electrons. The summed E-state index contributed by atoms with van der Waals surface area (Å²) in [5.74, 6) is -0.291. The minimum Gasteiger partial charge on any atom is -0.462 e. The van der Waals surface area contributed by atoms with Gasteiger partial charge in [-0.3, -0.25) is 4.79 Å². The molecule has 0 fully saturated rings. The molecule has 3 aromatic carbocycles. The van der Waals surface area contributed by atoms with E-state index in [0.717, 1.165) is 36.2 Å². The van der Waals surface area contributed by atoms with Gasteiger partial charge in [-0.2, -0.15) is 0 Å². The maximum absolute atomic E-state index is 12.9. The predicted octanol–water partition coefficient (Wildman–Crippen LogP) is 5.67. The Balaban J connectivity index is 1.54. The molecule has 1 aliphatic rings. The highest BCUT2D eigenvalue weighted by Crippen LogP contribution is 2.39. The second kappa shape index (κ2) is 9.27. The van der Waals surface area contributed by atoms with Crippen LogP contribution < -0.4 is 10.6 Å². The average Bonchev–Trinajstić information content (AvgIpc) is 3.17. The van der Waals surface area contributed by atoms with Crippen LogP contribution in [0, 0.1) is 0 Å². The van der Waals surface area contributed by atoms with E-state index in [1.165, 1.54) is 0 Å². The van der Waals surface area contributed by atoms with Crippen LogP contribution >= 0.6 is 0 Å². The van der Waals surface area contributed by atoms with E-state index < -0.39 is 0 Å². The van der Waals surface area contributed by atoms with Gasteiger partial charge in [-0.25, -0.2) is 4.79 Å². The summed E-state index contributed by atoms with van der Waals surface area (Å²) in [7, 11) is 0. The summed E-state index contributed by atoms with van der Waals surface area (Å²) >= 11 is 0. The van der Waals surface area contributed by atoms with Crippen molar-refractivity contribution < 1.29 is 14.3 Å². The molecule has 0 aromatic heterocycles. The average molecular weight is 429 g/mol. The van der Waals surface area contributed by atoms with Crippen molar-refractivity contribution in [2.24, 2.45) is 0 Å². The SMILES string of the molecule is CCCC1(Cc2ccc(C(=O)OCC)cc2)Nc2ccc(C(=O)c3ccccc3)cc2N1. The molecule has 5 heteroatoms. The van der Waals surface area contributed by atoms with E-state index in [0.29, 0.717) is 23.3 Å². The first kappa shape index (κ1) is 21.6. The van der Waals surface area contributed by atoms with Crippen LogP contribution in [0.25, 0.3) is 0 Å². The zero-order valence-electron chi connectivity index (χ0n) is 18.5. The number of benzene rings is 3. The van der Waals surface area contributed by atoms with Gasteiger partial charge in [-0.05, 0) is 49.2 Å². The topological polar surface area (TPSA) is 67.4 Å². The lowest BCUT2D eigenvalue weighted by atomic mass is 9.95. The van der Waals surface area contributed by atoms with Crippen molar-refractivity contribution >= 4 is 23.1 Å². The van der Waals surface area contributed by atoms with Crippen molar-refractivity contribution in [2.75, 3.05) is 17.2 Å². The first-order valence-corrected chi connectivity index (χ1v) is 11.1. The zero-order valence-corrected chi connectivity index (χ0v) is 18.5. The molecule has 0 spiro atoms. The van der Waals surface area contributed by atoms with E-state index in [4.69, 9.17) is 4.74 Å². The van der Waals surface area contributed by atoms with Gasteiger partial charge in [-0.15, -0.1) is 0 Å². The van der Waals surface area contributed by atoms with Gasteiger partial charge >= 0.3 is 5.97 Å². The lowest BCUT2D eigenvalue weighted by Crippen LogP contribution is -2.44. The summed E-state index contributed by atoms with van der Waals surface area (Å²) in [6, 6.07) is 22.7. The van der Waals surface area contributed by atoms with Gasteiger partial charge in [0.15, 0.2) is 5.78 Å². The Morgan fingerprint density at radius 1 is 0.812 bits per heavy atom. The van der Waals surface area contributed by atoms with Crippen molar-refractivity contribution in [3.63, 3.8) is 0 Å². The predicted molar refractivity (Wildman–Crippen MR) is 127 cm³/mol. The van der Waals surface area contributed by atoms with Crippen molar-refractivity contribution in [3.05, 3.63) is 95.1 Å². The molecule has 0 amide bonds. The molecule has 2 N–H and O–H groups in total. The van der Waals surface area contributed by atoms with Crippen LogP contribution in [0.5, 0.6) is 0 Å². The highest BCUT2D eigenvalue weighted by Gasteiger charge is 2.36. The van der Waals surface area contributed by atoms with Crippen molar-refractivity contribution in [2.45, 2.75) is 38.8 Å². The van der Waals surface area contributed by atoms with Crippen LogP contribution in [-0.2, 0) is 11.2 Å². The molecule has 32 heavy (non-hydrogen) atoms. The number of rotatable bonds is 8. The van der Waals surface area contributed by atoms with Crippen molar-refractivity contribution in [1.82, 2.24) is 0 Å². The van der Waals surface area contributed by atoms with E-state index >= 15 is 0 Å². The van der Waals surface area contributed by atoms with Crippen LogP contribution in [-0.4, -0.2) is 24.0 Å². The number of anilines is 2. The molecule has 5 nitrogen and oxygen atoms in total. The van der Waals surface area contributed by atoms with Crippen LogP contribution in [0.3, 0.4) is 0 Å². The highest BCUT2D eigenvalue weighted by atomic mass is 16.5. The number of carbonyl (C=O) groups excluding carboxylic acids is 2. The third-order valence-corrected chi connectivity index (χ3v) is 5.71. The molecule has 1 heterocycles. The summed E-state index contributed by atoms with van der Waals surface area (Å²) < 4.78 is 5.07. The Hall–Kier alpha value is -3.60. The molecule has 3 aromatic rings. The van der Waals surface area contributed by atoms with Crippen molar-refractivity contribution in [1.29, 1.82) is 0 Å². The Bertz CT molecular complexity index is 1110. The van der Waals surface area contributed by atoms with Crippen LogP contribution in [0.2, 0.25) is 0 Å². The fourth-order valence-corrected chi connectivity index (χ4v) is 4.25. The van der Waals surface area contributed by atoms with Crippen LogP contribution in [0.1, 0.15) is 58.5 Å². The molecule has 0 saturated carbocycles. The Morgan fingerprint density at radius 3 is 2.19 bits per heavy atom. The second-order valence-electron chi connectivity index (χ2n) is 8.13. The van der Waals surface area contributed by atoms with Crippen LogP contribution in [0.4, 0.5) is 11.4 Å². The number of esters is 1. The molecular weight excluding hydrogens is 400 g/mol. The zero-order chi connectivity index (χ0) is 22.6. The van der Waals surface area contributed by atoms with E-state index in [-0.39, 0.29) is 17.4 Å². The molecule has 1 unspecified atom stereocenters. The Kier molecular flexibility index (Phi) is 6.26. The Morgan fingerprint density at radius 2 is 1.50 bits per heavy atom. The third kappa shape index (κ3) is 4.52. The highest BCUT2D eigenvalue weighted by molar-refractivity contribution is 6.10. The normalized spacial score (nSPS) is 16.6. The molecule has 0 aliphatic carbocycles. The second-order valence-corrected chi connectivity index (χ2v) is 8.13. The summed E-state index contributed by atoms with van der Waals surface area (Å²) in [4.78, 5) is 24.8. The molecular formula is C27H28N2O3. The number of hydrogen-bond donors (Lipinski definition) is 2. The quantitative estimate of drug-likeness (QED) is 0.357. The molecule has 4 rings (SSSR count). The summed E-state index contributed by atoms with van der Waals surface area (Å²) in [6.07, 6.45) is 2.63. The van der Waals surface area contributed by atoms with Gasteiger partial charge < -0.3 is 15.4 Å². The smallest absolute Gasteiger partial charge is 0.338 e. The van der Waals surface area contributed by atoms with Gasteiger partial charge in [0.1, 0.15) is 5.66 Å². The molecule has 1 atom stereocenters. The van der Waals surface area contributed by atoms with Gasteiger partial charge in [0.25, 0.3) is 0 Å². The number of nitrogens with one attached hydrogen (secondary N) is 2.